The molecular formula is C8H18OSn. The molecule has 0 heterocycles. The number of rotatable bonds is 4. The predicted molar refractivity (Wildman–Crippen MR) is 46.1 cm³/mol. The monoisotopic (exact) mass is 250 g/mol. The van der Waals surface area contributed by atoms with Gasteiger partial charge in [0.2, 0.25) is 0 Å². The minimum atomic E-state index is 0. The van der Waals surface area contributed by atoms with Gasteiger partial charge in [-0.05, 0) is 24.7 Å². The van der Waals surface area contributed by atoms with Crippen LogP contribution < -0.4 is 0 Å². The van der Waals surface area contributed by atoms with Crippen LogP contribution in [0.4, 0.5) is 0 Å². The topological polar surface area (TPSA) is 20.2 Å². The number of aliphatic hydroxyl groups excluding tert-OH is 1. The molecule has 0 aliphatic rings. The van der Waals surface area contributed by atoms with Gasteiger partial charge in [0.05, 0.1) is 0 Å². The van der Waals surface area contributed by atoms with Gasteiger partial charge in [-0.25, -0.2) is 0 Å². The van der Waals surface area contributed by atoms with Crippen molar-refractivity contribution in [3.8, 4) is 0 Å². The summed E-state index contributed by atoms with van der Waals surface area (Å²) in [7, 11) is 0. The van der Waals surface area contributed by atoms with Crippen LogP contribution in [0, 0.1) is 5.41 Å². The average Bonchev–Trinajstić information content (AvgIpc) is 1.95. The Morgan fingerprint density at radius 2 is 1.30 bits per heavy atom. The summed E-state index contributed by atoms with van der Waals surface area (Å²) >= 11 is 0. The molecule has 0 rings (SSSR count). The largest absolute Gasteiger partial charge is 0.396 e. The molecule has 10 heavy (non-hydrogen) atoms. The zero-order valence-corrected chi connectivity index (χ0v) is 10.1. The molecule has 0 spiro atoms. The molecule has 0 amide bonds. The van der Waals surface area contributed by atoms with Crippen LogP contribution in [0.5, 0.6) is 0 Å². The van der Waals surface area contributed by atoms with Gasteiger partial charge in [0.15, 0.2) is 0 Å². The summed E-state index contributed by atoms with van der Waals surface area (Å²) in [6.45, 7) is 6.77. The molecule has 0 bridgehead atoms. The Balaban J connectivity index is 0. The molecule has 0 unspecified atom stereocenters. The first-order chi connectivity index (χ1) is 4.24. The van der Waals surface area contributed by atoms with E-state index in [4.69, 9.17) is 5.11 Å². The number of aliphatic hydroxyl groups is 1. The van der Waals surface area contributed by atoms with Crippen LogP contribution in [0.3, 0.4) is 0 Å². The van der Waals surface area contributed by atoms with Gasteiger partial charge in [-0.15, -0.1) is 0 Å². The first-order valence-corrected chi connectivity index (χ1v) is 3.85. The Morgan fingerprint density at radius 1 is 1.00 bits per heavy atom. The van der Waals surface area contributed by atoms with E-state index in [1.807, 2.05) is 0 Å². The molecule has 0 aromatic carbocycles. The zero-order chi connectivity index (χ0) is 7.33. The van der Waals surface area contributed by atoms with Gasteiger partial charge in [0.1, 0.15) is 0 Å². The van der Waals surface area contributed by atoms with Crippen LogP contribution in [0.15, 0.2) is 0 Å². The van der Waals surface area contributed by atoms with Gasteiger partial charge in [0.25, 0.3) is 0 Å². The third-order valence-corrected chi connectivity index (χ3v) is 2.59. The molecule has 0 aliphatic carbocycles. The van der Waals surface area contributed by atoms with E-state index in [1.165, 1.54) is 0 Å². The predicted octanol–water partition coefficient (Wildman–Crippen LogP) is 1.81. The van der Waals surface area contributed by atoms with Crippen LogP contribution in [-0.4, -0.2) is 35.6 Å². The van der Waals surface area contributed by atoms with Crippen molar-refractivity contribution >= 4 is 23.9 Å². The summed E-state index contributed by atoms with van der Waals surface area (Å²) in [4.78, 5) is 0. The minimum Gasteiger partial charge on any atom is -0.396 e. The molecule has 0 fully saturated rings. The second kappa shape index (κ2) is 6.47. The third kappa shape index (κ3) is 3.24. The molecule has 1 N–H and O–H groups in total. The SMILES string of the molecule is CCC(CC)(CC)CO.[Sn]. The first kappa shape index (κ1) is 13.4. The fraction of sp³-hybridized carbons (Fsp3) is 1.00. The van der Waals surface area contributed by atoms with Crippen molar-refractivity contribution in [2.24, 2.45) is 5.41 Å². The van der Waals surface area contributed by atoms with Crippen molar-refractivity contribution in [3.05, 3.63) is 0 Å². The second-order valence-electron chi connectivity index (χ2n) is 2.72. The van der Waals surface area contributed by atoms with E-state index in [0.717, 1.165) is 19.3 Å². The molecule has 0 aromatic rings. The maximum absolute atomic E-state index is 8.98. The van der Waals surface area contributed by atoms with Crippen molar-refractivity contribution < 1.29 is 5.11 Å². The first-order valence-electron chi connectivity index (χ1n) is 3.85. The van der Waals surface area contributed by atoms with E-state index in [2.05, 4.69) is 20.8 Å². The molecule has 0 atom stereocenters. The summed E-state index contributed by atoms with van der Waals surface area (Å²) in [5.74, 6) is 0. The molecule has 2 heteroatoms. The standard InChI is InChI=1S/C8H18O.Sn/c1-4-8(5-2,6-3)7-9;/h9H,4-7H2,1-3H3;. The molecule has 1 nitrogen and oxygen atoms in total. The minimum absolute atomic E-state index is 0. The molecule has 4 radical (unpaired) electrons. The maximum Gasteiger partial charge on any atom is 0.0487 e. The Bertz CT molecular complexity index is 52.1. The summed E-state index contributed by atoms with van der Waals surface area (Å²) in [6, 6.07) is 0. The van der Waals surface area contributed by atoms with E-state index >= 15 is 0 Å². The van der Waals surface area contributed by atoms with E-state index in [0.29, 0.717) is 6.61 Å². The van der Waals surface area contributed by atoms with Crippen LogP contribution in [0.2, 0.25) is 0 Å². The van der Waals surface area contributed by atoms with Crippen molar-refractivity contribution in [2.45, 2.75) is 40.0 Å². The van der Waals surface area contributed by atoms with Gasteiger partial charge < -0.3 is 5.11 Å². The Hall–Kier alpha value is 0.759. The van der Waals surface area contributed by atoms with Crippen LogP contribution >= 0.6 is 0 Å². The van der Waals surface area contributed by atoms with E-state index in [9.17, 15) is 0 Å². The summed E-state index contributed by atoms with van der Waals surface area (Å²) in [6.07, 6.45) is 3.28. The van der Waals surface area contributed by atoms with Gasteiger partial charge >= 0.3 is 0 Å². The number of hydrogen-bond donors (Lipinski definition) is 1. The molecule has 0 aliphatic heterocycles. The fourth-order valence-electron chi connectivity index (χ4n) is 1.09. The Labute approximate surface area is 81.2 Å². The van der Waals surface area contributed by atoms with Gasteiger partial charge in [-0.2, -0.15) is 0 Å². The van der Waals surface area contributed by atoms with E-state index in [-0.39, 0.29) is 29.3 Å². The number of hydrogen-bond acceptors (Lipinski definition) is 1. The van der Waals surface area contributed by atoms with Gasteiger partial charge in [-0.1, -0.05) is 20.8 Å². The summed E-state index contributed by atoms with van der Waals surface area (Å²) < 4.78 is 0. The van der Waals surface area contributed by atoms with Crippen LogP contribution in [0.1, 0.15) is 40.0 Å². The zero-order valence-electron chi connectivity index (χ0n) is 7.28. The van der Waals surface area contributed by atoms with Crippen LogP contribution in [0.25, 0.3) is 0 Å². The maximum atomic E-state index is 8.98. The molecule has 0 saturated carbocycles. The fourth-order valence-corrected chi connectivity index (χ4v) is 1.09. The Morgan fingerprint density at radius 3 is 1.30 bits per heavy atom. The average molecular weight is 249 g/mol. The van der Waals surface area contributed by atoms with Gasteiger partial charge in [-0.3, -0.25) is 0 Å². The molecule has 0 aromatic heterocycles. The van der Waals surface area contributed by atoms with Crippen molar-refractivity contribution in [3.63, 3.8) is 0 Å². The van der Waals surface area contributed by atoms with Crippen molar-refractivity contribution in [2.75, 3.05) is 6.61 Å². The second-order valence-corrected chi connectivity index (χ2v) is 2.72. The van der Waals surface area contributed by atoms with E-state index in [1.54, 1.807) is 0 Å². The molecule has 0 saturated heterocycles. The van der Waals surface area contributed by atoms with Gasteiger partial charge in [0, 0.05) is 30.5 Å². The van der Waals surface area contributed by atoms with Crippen molar-refractivity contribution in [1.29, 1.82) is 0 Å². The summed E-state index contributed by atoms with van der Waals surface area (Å²) in [5, 5.41) is 8.98. The van der Waals surface area contributed by atoms with Crippen LogP contribution in [-0.2, 0) is 0 Å². The Kier molecular flexibility index (Phi) is 8.64. The summed E-state index contributed by atoms with van der Waals surface area (Å²) in [5.41, 5.74) is 0.222. The smallest absolute Gasteiger partial charge is 0.0487 e. The van der Waals surface area contributed by atoms with E-state index < -0.39 is 0 Å². The van der Waals surface area contributed by atoms with Crippen molar-refractivity contribution in [1.82, 2.24) is 0 Å². The molecule has 60 valence electrons. The third-order valence-electron chi connectivity index (χ3n) is 2.59. The molecular weight excluding hydrogens is 231 g/mol. The normalized spacial score (nSPS) is 10.8. The quantitative estimate of drug-likeness (QED) is 0.753.